The number of hydrogen-bond acceptors (Lipinski definition) is 5. The number of sulfone groups is 1. The highest BCUT2D eigenvalue weighted by molar-refractivity contribution is 7.91. The largest absolute Gasteiger partial charge is 0.398 e. The molecule has 1 saturated heterocycles. The molecule has 1 aromatic rings. The minimum atomic E-state index is -2.83. The summed E-state index contributed by atoms with van der Waals surface area (Å²) in [6.07, 6.45) is 0.709. The first-order chi connectivity index (χ1) is 8.50. The molecule has 5 nitrogen and oxygen atoms in total. The molecule has 0 radical (unpaired) electrons. The molecule has 18 heavy (non-hydrogen) atoms. The summed E-state index contributed by atoms with van der Waals surface area (Å²) in [5.41, 5.74) is 7.40. The fraction of sp³-hybridized carbons (Fsp3) is 0.417. The van der Waals surface area contributed by atoms with Crippen molar-refractivity contribution in [3.8, 4) is 6.07 Å². The highest BCUT2D eigenvalue weighted by Gasteiger charge is 2.27. The molecule has 0 bridgehead atoms. The Morgan fingerprint density at radius 3 is 2.83 bits per heavy atom. The quantitative estimate of drug-likeness (QED) is 0.794. The van der Waals surface area contributed by atoms with E-state index in [9.17, 15) is 8.42 Å². The van der Waals surface area contributed by atoms with E-state index in [0.29, 0.717) is 24.2 Å². The molecular weight excluding hydrogens is 250 g/mol. The molecule has 1 fully saturated rings. The van der Waals surface area contributed by atoms with Gasteiger partial charge in [-0.2, -0.15) is 5.26 Å². The second-order valence-corrected chi connectivity index (χ2v) is 6.79. The fourth-order valence-electron chi connectivity index (χ4n) is 2.07. The SMILES string of the molecule is N#Cc1ccc(NCC2CCS(=O)(=O)C2)cc1N. The lowest BCUT2D eigenvalue weighted by Gasteiger charge is -2.11. The Labute approximate surface area is 107 Å². The van der Waals surface area contributed by atoms with Crippen molar-refractivity contribution < 1.29 is 8.42 Å². The van der Waals surface area contributed by atoms with Crippen molar-refractivity contribution in [2.75, 3.05) is 29.1 Å². The standard InChI is InChI=1S/C12H15N3O2S/c13-6-10-1-2-11(5-12(10)14)15-7-9-3-4-18(16,17)8-9/h1-2,5,9,15H,3-4,7-8,14H2. The van der Waals surface area contributed by atoms with Crippen LogP contribution in [0.3, 0.4) is 0 Å². The van der Waals surface area contributed by atoms with E-state index in [1.54, 1.807) is 18.2 Å². The summed E-state index contributed by atoms with van der Waals surface area (Å²) in [5, 5.41) is 11.9. The molecule has 1 aliphatic heterocycles. The van der Waals surface area contributed by atoms with Gasteiger partial charge in [0, 0.05) is 12.2 Å². The second kappa shape index (κ2) is 4.86. The lowest BCUT2D eigenvalue weighted by atomic mass is 10.1. The van der Waals surface area contributed by atoms with E-state index >= 15 is 0 Å². The number of anilines is 2. The van der Waals surface area contributed by atoms with Crippen LogP contribution >= 0.6 is 0 Å². The zero-order valence-electron chi connectivity index (χ0n) is 9.89. The van der Waals surface area contributed by atoms with Crippen LogP contribution < -0.4 is 11.1 Å². The van der Waals surface area contributed by atoms with Gasteiger partial charge in [0.05, 0.1) is 22.8 Å². The Balaban J connectivity index is 1.95. The van der Waals surface area contributed by atoms with Crippen molar-refractivity contribution in [1.82, 2.24) is 0 Å². The van der Waals surface area contributed by atoms with E-state index in [4.69, 9.17) is 11.0 Å². The molecule has 3 N–H and O–H groups in total. The van der Waals surface area contributed by atoms with E-state index in [2.05, 4.69) is 5.32 Å². The number of nitriles is 1. The number of nitrogen functional groups attached to an aromatic ring is 1. The third kappa shape index (κ3) is 2.93. The molecule has 1 unspecified atom stereocenters. The Kier molecular flexibility index (Phi) is 3.43. The van der Waals surface area contributed by atoms with E-state index < -0.39 is 9.84 Å². The monoisotopic (exact) mass is 265 g/mol. The highest BCUT2D eigenvalue weighted by Crippen LogP contribution is 2.21. The van der Waals surface area contributed by atoms with Crippen molar-refractivity contribution in [2.24, 2.45) is 5.92 Å². The fourth-order valence-corrected chi connectivity index (χ4v) is 3.93. The van der Waals surface area contributed by atoms with Gasteiger partial charge in [-0.15, -0.1) is 0 Å². The van der Waals surface area contributed by atoms with Gasteiger partial charge in [0.25, 0.3) is 0 Å². The Morgan fingerprint density at radius 1 is 1.50 bits per heavy atom. The maximum atomic E-state index is 11.3. The lowest BCUT2D eigenvalue weighted by Crippen LogP contribution is -2.15. The van der Waals surface area contributed by atoms with Crippen LogP contribution in [0.1, 0.15) is 12.0 Å². The first-order valence-corrected chi connectivity index (χ1v) is 7.56. The summed E-state index contributed by atoms with van der Waals surface area (Å²) in [4.78, 5) is 0. The van der Waals surface area contributed by atoms with Crippen LogP contribution in [0.25, 0.3) is 0 Å². The number of hydrogen-bond donors (Lipinski definition) is 2. The van der Waals surface area contributed by atoms with E-state index in [0.717, 1.165) is 5.69 Å². The van der Waals surface area contributed by atoms with Crippen molar-refractivity contribution >= 4 is 21.2 Å². The number of benzene rings is 1. The smallest absolute Gasteiger partial charge is 0.150 e. The van der Waals surface area contributed by atoms with E-state index in [1.165, 1.54) is 0 Å². The summed E-state index contributed by atoms with van der Waals surface area (Å²) in [6.45, 7) is 0.616. The molecule has 0 saturated carbocycles. The van der Waals surface area contributed by atoms with Crippen LogP contribution in [0.15, 0.2) is 18.2 Å². The van der Waals surface area contributed by atoms with Crippen molar-refractivity contribution in [2.45, 2.75) is 6.42 Å². The predicted molar refractivity (Wildman–Crippen MR) is 70.8 cm³/mol. The van der Waals surface area contributed by atoms with Gasteiger partial charge in [0.15, 0.2) is 9.84 Å². The topological polar surface area (TPSA) is 96.0 Å². The summed E-state index contributed by atoms with van der Waals surface area (Å²) >= 11 is 0. The predicted octanol–water partition coefficient (Wildman–Crippen LogP) is 0.987. The number of nitrogens with one attached hydrogen (secondary N) is 1. The van der Waals surface area contributed by atoms with Crippen LogP contribution in [0.4, 0.5) is 11.4 Å². The molecule has 0 aliphatic carbocycles. The van der Waals surface area contributed by atoms with Crippen LogP contribution in [-0.4, -0.2) is 26.5 Å². The first kappa shape index (κ1) is 12.7. The third-order valence-electron chi connectivity index (χ3n) is 3.09. The Bertz CT molecular complexity index is 590. The van der Waals surface area contributed by atoms with Crippen molar-refractivity contribution in [3.05, 3.63) is 23.8 Å². The Hall–Kier alpha value is -1.74. The Morgan fingerprint density at radius 2 is 2.28 bits per heavy atom. The summed E-state index contributed by atoms with van der Waals surface area (Å²) < 4.78 is 22.6. The first-order valence-electron chi connectivity index (χ1n) is 5.74. The maximum absolute atomic E-state index is 11.3. The molecule has 1 aromatic carbocycles. The summed E-state index contributed by atoms with van der Waals surface area (Å²) in [5.74, 6) is 0.701. The summed E-state index contributed by atoms with van der Waals surface area (Å²) in [6, 6.07) is 7.13. The average molecular weight is 265 g/mol. The van der Waals surface area contributed by atoms with Gasteiger partial charge in [-0.05, 0) is 30.5 Å². The van der Waals surface area contributed by atoms with Crippen molar-refractivity contribution in [3.63, 3.8) is 0 Å². The van der Waals surface area contributed by atoms with Gasteiger partial charge in [0.1, 0.15) is 6.07 Å². The van der Waals surface area contributed by atoms with Gasteiger partial charge in [-0.25, -0.2) is 8.42 Å². The maximum Gasteiger partial charge on any atom is 0.150 e. The number of nitrogens with two attached hydrogens (primary N) is 1. The van der Waals surface area contributed by atoms with Gasteiger partial charge in [0.2, 0.25) is 0 Å². The van der Waals surface area contributed by atoms with Crippen LogP contribution in [0, 0.1) is 17.2 Å². The van der Waals surface area contributed by atoms with Crippen LogP contribution in [0.2, 0.25) is 0 Å². The summed E-state index contributed by atoms with van der Waals surface area (Å²) in [7, 11) is -2.83. The molecule has 1 heterocycles. The molecule has 96 valence electrons. The van der Waals surface area contributed by atoms with Gasteiger partial charge in [-0.3, -0.25) is 0 Å². The number of nitrogens with zero attached hydrogens (tertiary/aromatic N) is 1. The normalized spacial score (nSPS) is 21.4. The molecule has 6 heteroatoms. The number of rotatable bonds is 3. The van der Waals surface area contributed by atoms with Crippen molar-refractivity contribution in [1.29, 1.82) is 5.26 Å². The molecule has 2 rings (SSSR count). The van der Waals surface area contributed by atoms with E-state index in [-0.39, 0.29) is 17.4 Å². The van der Waals surface area contributed by atoms with Crippen LogP contribution in [-0.2, 0) is 9.84 Å². The minimum Gasteiger partial charge on any atom is -0.398 e. The third-order valence-corrected chi connectivity index (χ3v) is 4.93. The average Bonchev–Trinajstić information content (AvgIpc) is 2.66. The van der Waals surface area contributed by atoms with Gasteiger partial charge >= 0.3 is 0 Å². The lowest BCUT2D eigenvalue weighted by molar-refractivity contribution is 0.596. The zero-order chi connectivity index (χ0) is 13.2. The highest BCUT2D eigenvalue weighted by atomic mass is 32.2. The van der Waals surface area contributed by atoms with Gasteiger partial charge in [-0.1, -0.05) is 0 Å². The minimum absolute atomic E-state index is 0.159. The van der Waals surface area contributed by atoms with Crippen LogP contribution in [0.5, 0.6) is 0 Å². The molecule has 1 atom stereocenters. The molecule has 1 aliphatic rings. The van der Waals surface area contributed by atoms with E-state index in [1.807, 2.05) is 6.07 Å². The molecular formula is C12H15N3O2S. The molecule has 0 amide bonds. The molecule has 0 aromatic heterocycles. The second-order valence-electron chi connectivity index (χ2n) is 4.56. The molecule has 0 spiro atoms. The zero-order valence-corrected chi connectivity index (χ0v) is 10.7. The van der Waals surface area contributed by atoms with Gasteiger partial charge < -0.3 is 11.1 Å².